The number of halogens is 4. The fraction of sp³-hybridized carbons (Fsp3) is 0.412. The van der Waals surface area contributed by atoms with Crippen molar-refractivity contribution in [2.24, 2.45) is 0 Å². The van der Waals surface area contributed by atoms with E-state index in [0.29, 0.717) is 13.1 Å². The summed E-state index contributed by atoms with van der Waals surface area (Å²) in [6.45, 7) is 0.670. The van der Waals surface area contributed by atoms with Gasteiger partial charge in [0, 0.05) is 31.1 Å². The molecule has 1 aliphatic rings. The highest BCUT2D eigenvalue weighted by atomic mass is 19.4. The third-order valence-electron chi connectivity index (χ3n) is 4.64. The van der Waals surface area contributed by atoms with Gasteiger partial charge in [0.1, 0.15) is 11.5 Å². The number of alkyl halides is 3. The summed E-state index contributed by atoms with van der Waals surface area (Å²) < 4.78 is 51.3. The maximum absolute atomic E-state index is 13.2. The molecular weight excluding hydrogens is 352 g/mol. The van der Waals surface area contributed by atoms with Crippen LogP contribution in [-0.4, -0.2) is 59.1 Å². The van der Waals surface area contributed by atoms with Gasteiger partial charge in [-0.2, -0.15) is 18.3 Å². The van der Waals surface area contributed by atoms with Crippen molar-refractivity contribution in [1.82, 2.24) is 20.0 Å². The predicted octanol–water partition coefficient (Wildman–Crippen LogP) is 2.74. The number of likely N-dealkylation sites (tertiary alicyclic amines) is 1. The van der Waals surface area contributed by atoms with Crippen LogP contribution in [0.25, 0.3) is 0 Å². The van der Waals surface area contributed by atoms with Gasteiger partial charge < -0.3 is 9.80 Å². The zero-order valence-corrected chi connectivity index (χ0v) is 14.2. The van der Waals surface area contributed by atoms with Crippen LogP contribution in [0.1, 0.15) is 27.7 Å². The summed E-state index contributed by atoms with van der Waals surface area (Å²) in [5, 5.41) is 5.37. The topological polar surface area (TPSA) is 52.2 Å². The first-order chi connectivity index (χ1) is 12.2. The van der Waals surface area contributed by atoms with Crippen LogP contribution in [0.3, 0.4) is 0 Å². The third-order valence-corrected chi connectivity index (χ3v) is 4.64. The summed E-state index contributed by atoms with van der Waals surface area (Å²) in [5.74, 6) is -0.985. The number of hydrogen-bond donors (Lipinski definition) is 1. The zero-order valence-electron chi connectivity index (χ0n) is 14.2. The molecule has 1 aromatic carbocycles. The Bertz CT molecular complexity index is 785. The molecule has 0 bridgehead atoms. The van der Waals surface area contributed by atoms with Gasteiger partial charge in [-0.15, -0.1) is 0 Å². The molecule has 2 heterocycles. The molecule has 0 spiro atoms. The number of carbonyl (C=O) groups excluding carboxylic acids is 1. The average Bonchev–Trinajstić information content (AvgIpc) is 3.22. The molecule has 1 amide bonds. The molecule has 1 aliphatic heterocycles. The molecule has 0 saturated carbocycles. The zero-order chi connectivity index (χ0) is 19.1. The molecule has 2 aromatic rings. The standard InChI is InChI=1S/C17H18F4N4O/c1-24(2)14-9-25(8-12(14)10-3-5-11(18)6-4-10)16(26)13-7-15(23-22-13)17(19,20)21/h3-7,12,14H,8-9H2,1-2H3,(H,22,23)/t12-,14+/m0/s1. The fourth-order valence-electron chi connectivity index (χ4n) is 3.25. The summed E-state index contributed by atoms with van der Waals surface area (Å²) in [6, 6.07) is 6.73. The number of benzene rings is 1. The van der Waals surface area contributed by atoms with Crippen molar-refractivity contribution in [3.8, 4) is 0 Å². The highest BCUT2D eigenvalue weighted by Crippen LogP contribution is 2.32. The third kappa shape index (κ3) is 3.57. The minimum Gasteiger partial charge on any atom is -0.335 e. The van der Waals surface area contributed by atoms with Crippen molar-refractivity contribution < 1.29 is 22.4 Å². The molecule has 3 rings (SSSR count). The van der Waals surface area contributed by atoms with Gasteiger partial charge in [-0.25, -0.2) is 4.39 Å². The van der Waals surface area contributed by atoms with E-state index in [-0.39, 0.29) is 23.5 Å². The molecule has 2 atom stereocenters. The van der Waals surface area contributed by atoms with Gasteiger partial charge in [-0.1, -0.05) is 12.1 Å². The van der Waals surface area contributed by atoms with Gasteiger partial charge >= 0.3 is 6.18 Å². The smallest absolute Gasteiger partial charge is 0.335 e. The molecule has 1 saturated heterocycles. The van der Waals surface area contributed by atoms with E-state index >= 15 is 0 Å². The first-order valence-corrected chi connectivity index (χ1v) is 8.00. The average molecular weight is 370 g/mol. The van der Waals surface area contributed by atoms with E-state index in [9.17, 15) is 22.4 Å². The van der Waals surface area contributed by atoms with Crippen molar-refractivity contribution in [2.45, 2.75) is 18.1 Å². The summed E-state index contributed by atoms with van der Waals surface area (Å²) in [5.41, 5.74) is -0.452. The number of aromatic nitrogens is 2. The molecule has 26 heavy (non-hydrogen) atoms. The number of amides is 1. The van der Waals surface area contributed by atoms with Gasteiger partial charge in [0.2, 0.25) is 0 Å². The molecule has 0 unspecified atom stereocenters. The molecule has 1 fully saturated rings. The summed E-state index contributed by atoms with van der Waals surface area (Å²) in [7, 11) is 3.73. The Balaban J connectivity index is 1.82. The number of aromatic amines is 1. The Hall–Kier alpha value is -2.42. The quantitative estimate of drug-likeness (QED) is 0.846. The Morgan fingerprint density at radius 1 is 1.23 bits per heavy atom. The molecule has 5 nitrogen and oxygen atoms in total. The molecule has 0 radical (unpaired) electrons. The van der Waals surface area contributed by atoms with E-state index in [0.717, 1.165) is 11.6 Å². The van der Waals surface area contributed by atoms with E-state index in [4.69, 9.17) is 0 Å². The van der Waals surface area contributed by atoms with Crippen LogP contribution in [0.4, 0.5) is 17.6 Å². The minimum absolute atomic E-state index is 0.0366. The SMILES string of the molecule is CN(C)[C@@H]1CN(C(=O)c2cc(C(F)(F)F)[nH]n2)C[C@H]1c1ccc(F)cc1. The highest BCUT2D eigenvalue weighted by Gasteiger charge is 2.39. The van der Waals surface area contributed by atoms with Crippen molar-refractivity contribution in [3.05, 3.63) is 53.1 Å². The monoisotopic (exact) mass is 370 g/mol. The molecule has 9 heteroatoms. The highest BCUT2D eigenvalue weighted by molar-refractivity contribution is 5.92. The number of nitrogens with one attached hydrogen (secondary N) is 1. The van der Waals surface area contributed by atoms with Gasteiger partial charge in [0.05, 0.1) is 0 Å². The Morgan fingerprint density at radius 2 is 1.88 bits per heavy atom. The summed E-state index contributed by atoms with van der Waals surface area (Å²) in [4.78, 5) is 16.0. The normalized spacial score (nSPS) is 20.8. The Kier molecular flexibility index (Phi) is 4.74. The van der Waals surface area contributed by atoms with E-state index in [1.165, 1.54) is 17.0 Å². The van der Waals surface area contributed by atoms with Crippen molar-refractivity contribution in [2.75, 3.05) is 27.2 Å². The molecule has 140 valence electrons. The van der Waals surface area contributed by atoms with Crippen LogP contribution in [0, 0.1) is 5.82 Å². The lowest BCUT2D eigenvalue weighted by Crippen LogP contribution is -2.36. The Morgan fingerprint density at radius 3 is 2.42 bits per heavy atom. The van der Waals surface area contributed by atoms with Crippen LogP contribution in [0.15, 0.2) is 30.3 Å². The first-order valence-electron chi connectivity index (χ1n) is 8.00. The van der Waals surface area contributed by atoms with Gasteiger partial charge in [0.15, 0.2) is 5.69 Å². The lowest BCUT2D eigenvalue weighted by atomic mass is 9.94. The number of hydrogen-bond acceptors (Lipinski definition) is 3. The second kappa shape index (κ2) is 6.71. The minimum atomic E-state index is -4.58. The lowest BCUT2D eigenvalue weighted by molar-refractivity contribution is -0.141. The number of rotatable bonds is 3. The summed E-state index contributed by atoms with van der Waals surface area (Å²) in [6.07, 6.45) is -4.58. The molecule has 1 N–H and O–H groups in total. The number of H-pyrrole nitrogens is 1. The van der Waals surface area contributed by atoms with Gasteiger partial charge in [0.25, 0.3) is 5.91 Å². The van der Waals surface area contributed by atoms with E-state index in [1.807, 2.05) is 24.1 Å². The van der Waals surface area contributed by atoms with Crippen molar-refractivity contribution >= 4 is 5.91 Å². The number of nitrogens with zero attached hydrogens (tertiary/aromatic N) is 3. The second-order valence-electron chi connectivity index (χ2n) is 6.56. The van der Waals surface area contributed by atoms with Crippen LogP contribution in [0.5, 0.6) is 0 Å². The van der Waals surface area contributed by atoms with Crippen molar-refractivity contribution in [1.29, 1.82) is 0 Å². The van der Waals surface area contributed by atoms with Crippen LogP contribution >= 0.6 is 0 Å². The maximum Gasteiger partial charge on any atom is 0.432 e. The number of likely N-dealkylation sites (N-methyl/N-ethyl adjacent to an activating group) is 1. The Labute approximate surface area is 147 Å². The second-order valence-corrected chi connectivity index (χ2v) is 6.56. The van der Waals surface area contributed by atoms with Crippen LogP contribution < -0.4 is 0 Å². The van der Waals surface area contributed by atoms with E-state index < -0.39 is 17.8 Å². The van der Waals surface area contributed by atoms with Gasteiger partial charge in [-0.3, -0.25) is 9.89 Å². The predicted molar refractivity (Wildman–Crippen MR) is 86.1 cm³/mol. The largest absolute Gasteiger partial charge is 0.432 e. The van der Waals surface area contributed by atoms with E-state index in [2.05, 4.69) is 5.10 Å². The summed E-state index contributed by atoms with van der Waals surface area (Å²) >= 11 is 0. The van der Waals surface area contributed by atoms with Crippen molar-refractivity contribution in [3.63, 3.8) is 0 Å². The molecular formula is C17H18F4N4O. The van der Waals surface area contributed by atoms with Gasteiger partial charge in [-0.05, 0) is 31.8 Å². The number of carbonyl (C=O) groups is 1. The maximum atomic E-state index is 13.2. The van der Waals surface area contributed by atoms with Crippen LogP contribution in [0.2, 0.25) is 0 Å². The van der Waals surface area contributed by atoms with Crippen LogP contribution in [-0.2, 0) is 6.18 Å². The molecule has 0 aliphatic carbocycles. The molecule has 1 aromatic heterocycles. The fourth-order valence-corrected chi connectivity index (χ4v) is 3.25. The van der Waals surface area contributed by atoms with E-state index in [1.54, 1.807) is 12.1 Å². The first kappa shape index (κ1) is 18.4. The lowest BCUT2D eigenvalue weighted by Gasteiger charge is -2.25.